The standard InChI is InChI=1S/C19H15FN4/c1-11(2)15-10-21-24-18(15)19-22-16-8-4-7-14(17(16)23-19)12-5-3-6-13(20)9-12/h3-10H,1H2,2H3,(H,21,24)(H,22,23). The Labute approximate surface area is 138 Å². The van der Waals surface area contributed by atoms with Crippen LogP contribution >= 0.6 is 0 Å². The highest BCUT2D eigenvalue weighted by Gasteiger charge is 2.15. The SMILES string of the molecule is C=C(C)c1cn[nH]c1-c1nc2c(-c3cccc(F)c3)cccc2[nH]1. The van der Waals surface area contributed by atoms with Crippen molar-refractivity contribution in [1.29, 1.82) is 0 Å². The van der Waals surface area contributed by atoms with Crippen molar-refractivity contribution in [2.45, 2.75) is 6.92 Å². The van der Waals surface area contributed by atoms with Crippen LogP contribution in [0.25, 0.3) is 39.3 Å². The van der Waals surface area contributed by atoms with Gasteiger partial charge in [0, 0.05) is 11.1 Å². The fraction of sp³-hybridized carbons (Fsp3) is 0.0526. The molecule has 0 aliphatic rings. The number of allylic oxidation sites excluding steroid dienone is 1. The van der Waals surface area contributed by atoms with Gasteiger partial charge in [0.05, 0.1) is 17.2 Å². The molecule has 0 saturated heterocycles. The van der Waals surface area contributed by atoms with E-state index in [4.69, 9.17) is 4.98 Å². The van der Waals surface area contributed by atoms with Crippen LogP contribution in [0.5, 0.6) is 0 Å². The van der Waals surface area contributed by atoms with Crippen LogP contribution in [0.2, 0.25) is 0 Å². The van der Waals surface area contributed by atoms with Crippen molar-refractivity contribution in [3.05, 3.63) is 66.6 Å². The average molecular weight is 318 g/mol. The minimum absolute atomic E-state index is 0.265. The molecule has 0 aliphatic heterocycles. The number of benzene rings is 2. The van der Waals surface area contributed by atoms with Crippen LogP contribution < -0.4 is 0 Å². The van der Waals surface area contributed by atoms with Gasteiger partial charge in [-0.3, -0.25) is 5.10 Å². The van der Waals surface area contributed by atoms with Gasteiger partial charge in [0.1, 0.15) is 11.5 Å². The topological polar surface area (TPSA) is 57.4 Å². The molecule has 4 aromatic rings. The van der Waals surface area contributed by atoms with Crippen LogP contribution in [0.4, 0.5) is 4.39 Å². The smallest absolute Gasteiger partial charge is 0.157 e. The van der Waals surface area contributed by atoms with Gasteiger partial charge in [-0.25, -0.2) is 9.37 Å². The largest absolute Gasteiger partial charge is 0.337 e. The number of H-pyrrole nitrogens is 2. The zero-order chi connectivity index (χ0) is 16.7. The van der Waals surface area contributed by atoms with E-state index in [-0.39, 0.29) is 5.82 Å². The Morgan fingerprint density at radius 2 is 2.00 bits per heavy atom. The molecule has 0 bridgehead atoms. The lowest BCUT2D eigenvalue weighted by molar-refractivity contribution is 0.628. The van der Waals surface area contributed by atoms with Crippen molar-refractivity contribution in [3.8, 4) is 22.6 Å². The van der Waals surface area contributed by atoms with Crippen molar-refractivity contribution < 1.29 is 4.39 Å². The lowest BCUT2D eigenvalue weighted by Crippen LogP contribution is -1.86. The number of rotatable bonds is 3. The van der Waals surface area contributed by atoms with Gasteiger partial charge in [-0.1, -0.05) is 30.8 Å². The Morgan fingerprint density at radius 3 is 2.79 bits per heavy atom. The number of aromatic nitrogens is 4. The second kappa shape index (κ2) is 5.45. The van der Waals surface area contributed by atoms with Crippen molar-refractivity contribution in [3.63, 3.8) is 0 Å². The number of nitrogens with zero attached hydrogens (tertiary/aromatic N) is 2. The molecule has 118 valence electrons. The molecule has 0 spiro atoms. The predicted octanol–water partition coefficient (Wildman–Crippen LogP) is 4.79. The predicted molar refractivity (Wildman–Crippen MR) is 93.8 cm³/mol. The molecule has 2 heterocycles. The first kappa shape index (κ1) is 14.4. The number of hydrogen-bond donors (Lipinski definition) is 2. The number of hydrogen-bond acceptors (Lipinski definition) is 2. The van der Waals surface area contributed by atoms with Gasteiger partial charge in [0.25, 0.3) is 0 Å². The third kappa shape index (κ3) is 2.31. The zero-order valence-corrected chi connectivity index (χ0v) is 13.1. The molecular formula is C19H15FN4. The summed E-state index contributed by atoms with van der Waals surface area (Å²) in [5.74, 6) is 0.419. The molecule has 4 rings (SSSR count). The van der Waals surface area contributed by atoms with Crippen LogP contribution in [0, 0.1) is 5.82 Å². The average Bonchev–Trinajstić information content (AvgIpc) is 3.20. The number of halogens is 1. The van der Waals surface area contributed by atoms with E-state index in [1.165, 1.54) is 12.1 Å². The normalized spacial score (nSPS) is 11.1. The first-order valence-corrected chi connectivity index (χ1v) is 7.58. The second-order valence-corrected chi connectivity index (χ2v) is 5.74. The summed E-state index contributed by atoms with van der Waals surface area (Å²) in [4.78, 5) is 8.01. The molecule has 2 N–H and O–H groups in total. The Morgan fingerprint density at radius 1 is 1.17 bits per heavy atom. The van der Waals surface area contributed by atoms with Gasteiger partial charge < -0.3 is 4.98 Å². The van der Waals surface area contributed by atoms with Gasteiger partial charge in [-0.05, 0) is 36.3 Å². The molecule has 0 unspecified atom stereocenters. The summed E-state index contributed by atoms with van der Waals surface area (Å²) >= 11 is 0. The third-order valence-electron chi connectivity index (χ3n) is 3.98. The summed E-state index contributed by atoms with van der Waals surface area (Å²) in [6.45, 7) is 5.89. The summed E-state index contributed by atoms with van der Waals surface area (Å²) in [6.07, 6.45) is 1.73. The fourth-order valence-corrected chi connectivity index (χ4v) is 2.83. The van der Waals surface area contributed by atoms with E-state index >= 15 is 0 Å². The first-order valence-electron chi connectivity index (χ1n) is 7.58. The van der Waals surface area contributed by atoms with E-state index < -0.39 is 0 Å². The maximum absolute atomic E-state index is 13.6. The number of imidazole rings is 1. The molecule has 2 aromatic heterocycles. The Hall–Kier alpha value is -3.21. The summed E-state index contributed by atoms with van der Waals surface area (Å²) in [5.41, 5.74) is 5.97. The van der Waals surface area contributed by atoms with E-state index in [0.29, 0.717) is 5.82 Å². The Bertz CT molecular complexity index is 1060. The summed E-state index contributed by atoms with van der Waals surface area (Å²) in [5, 5.41) is 7.05. The van der Waals surface area contributed by atoms with Crippen LogP contribution in [0.3, 0.4) is 0 Å². The fourth-order valence-electron chi connectivity index (χ4n) is 2.83. The van der Waals surface area contributed by atoms with Gasteiger partial charge in [-0.2, -0.15) is 5.10 Å². The lowest BCUT2D eigenvalue weighted by atomic mass is 10.0. The molecule has 0 fully saturated rings. The summed E-state index contributed by atoms with van der Waals surface area (Å²) in [6, 6.07) is 12.3. The molecular weight excluding hydrogens is 303 g/mol. The molecule has 5 heteroatoms. The summed E-state index contributed by atoms with van der Waals surface area (Å²) < 4.78 is 13.6. The van der Waals surface area contributed by atoms with E-state index in [2.05, 4.69) is 21.8 Å². The first-order chi connectivity index (χ1) is 11.6. The van der Waals surface area contributed by atoms with Crippen molar-refractivity contribution in [2.75, 3.05) is 0 Å². The van der Waals surface area contributed by atoms with Crippen LogP contribution in [-0.4, -0.2) is 20.2 Å². The molecule has 0 atom stereocenters. The van der Waals surface area contributed by atoms with Crippen LogP contribution in [0.15, 0.2) is 55.2 Å². The second-order valence-electron chi connectivity index (χ2n) is 5.74. The molecule has 24 heavy (non-hydrogen) atoms. The number of para-hydroxylation sites is 1. The maximum Gasteiger partial charge on any atom is 0.157 e. The van der Waals surface area contributed by atoms with Crippen LogP contribution in [-0.2, 0) is 0 Å². The maximum atomic E-state index is 13.6. The quantitative estimate of drug-likeness (QED) is 0.570. The molecule has 0 amide bonds. The molecule has 4 nitrogen and oxygen atoms in total. The van der Waals surface area contributed by atoms with Crippen molar-refractivity contribution >= 4 is 16.6 Å². The number of nitrogens with one attached hydrogen (secondary N) is 2. The molecule has 0 aliphatic carbocycles. The van der Waals surface area contributed by atoms with Crippen LogP contribution in [0.1, 0.15) is 12.5 Å². The minimum Gasteiger partial charge on any atom is -0.337 e. The Balaban J connectivity index is 1.92. The molecule has 0 radical (unpaired) electrons. The summed E-state index contributed by atoms with van der Waals surface area (Å²) in [7, 11) is 0. The van der Waals surface area contributed by atoms with E-state index in [1.807, 2.05) is 31.2 Å². The van der Waals surface area contributed by atoms with E-state index in [0.717, 1.165) is 39.0 Å². The molecule has 2 aromatic carbocycles. The monoisotopic (exact) mass is 318 g/mol. The lowest BCUT2D eigenvalue weighted by Gasteiger charge is -2.02. The van der Waals surface area contributed by atoms with E-state index in [9.17, 15) is 4.39 Å². The number of aromatic amines is 2. The van der Waals surface area contributed by atoms with Crippen molar-refractivity contribution in [1.82, 2.24) is 20.2 Å². The van der Waals surface area contributed by atoms with Gasteiger partial charge in [0.15, 0.2) is 5.82 Å². The highest BCUT2D eigenvalue weighted by Crippen LogP contribution is 2.31. The van der Waals surface area contributed by atoms with Gasteiger partial charge in [0.2, 0.25) is 0 Å². The Kier molecular flexibility index (Phi) is 3.27. The zero-order valence-electron chi connectivity index (χ0n) is 13.1. The minimum atomic E-state index is -0.265. The number of fused-ring (bicyclic) bond motifs is 1. The highest BCUT2D eigenvalue weighted by atomic mass is 19.1. The van der Waals surface area contributed by atoms with Crippen molar-refractivity contribution in [2.24, 2.45) is 0 Å². The molecule has 0 saturated carbocycles. The van der Waals surface area contributed by atoms with E-state index in [1.54, 1.807) is 12.3 Å². The van der Waals surface area contributed by atoms with Gasteiger partial charge >= 0.3 is 0 Å². The highest BCUT2D eigenvalue weighted by molar-refractivity contribution is 5.94. The van der Waals surface area contributed by atoms with Gasteiger partial charge in [-0.15, -0.1) is 0 Å². The third-order valence-corrected chi connectivity index (χ3v) is 3.98.